The molecule has 2 amide bonds. The highest BCUT2D eigenvalue weighted by molar-refractivity contribution is 8.04. The third-order valence-electron chi connectivity index (χ3n) is 6.83. The lowest BCUT2D eigenvalue weighted by atomic mass is 9.93. The van der Waals surface area contributed by atoms with Crippen LogP contribution in [0.4, 0.5) is 0 Å². The predicted octanol–water partition coefficient (Wildman–Crippen LogP) is 6.14. The molecule has 4 nitrogen and oxygen atoms in total. The first kappa shape index (κ1) is 25.0. The topological polar surface area (TPSA) is 49.4 Å². The molecule has 4 rings (SSSR count). The molecule has 2 unspecified atom stereocenters. The third kappa shape index (κ3) is 7.19. The van der Waals surface area contributed by atoms with E-state index in [9.17, 15) is 9.59 Å². The Hall–Kier alpha value is -1.11. The lowest BCUT2D eigenvalue weighted by Crippen LogP contribution is -2.54. The summed E-state index contributed by atoms with van der Waals surface area (Å²) in [6.07, 6.45) is 14.1. The van der Waals surface area contributed by atoms with E-state index in [1.54, 1.807) is 11.8 Å². The van der Waals surface area contributed by atoms with E-state index in [0.717, 1.165) is 47.2 Å². The van der Waals surface area contributed by atoms with Crippen molar-refractivity contribution in [3.05, 3.63) is 39.8 Å². The van der Waals surface area contributed by atoms with E-state index in [1.807, 2.05) is 35.2 Å². The maximum Gasteiger partial charge on any atom is 0.261 e. The molecule has 0 spiro atoms. The summed E-state index contributed by atoms with van der Waals surface area (Å²) in [4.78, 5) is 28.7. The average molecular weight is 507 g/mol. The van der Waals surface area contributed by atoms with Crippen LogP contribution in [0.15, 0.2) is 29.2 Å². The van der Waals surface area contributed by atoms with Crippen molar-refractivity contribution in [3.63, 3.8) is 0 Å². The molecular weight excluding hydrogens is 472 g/mol. The number of carbonyl (C=O) groups is 2. The van der Waals surface area contributed by atoms with E-state index in [-0.39, 0.29) is 24.4 Å². The zero-order chi connectivity index (χ0) is 23.0. The van der Waals surface area contributed by atoms with Gasteiger partial charge < -0.3 is 10.2 Å². The first-order chi connectivity index (χ1) is 16.1. The summed E-state index contributed by atoms with van der Waals surface area (Å²) in [5.74, 6) is 1.04. The molecule has 0 aromatic heterocycles. The summed E-state index contributed by atoms with van der Waals surface area (Å²) in [5.41, 5.74) is 0.924. The standard InChI is InChI=1S/C26H35ClN2O2S2/c27-20-9-6-8-19(16-20)17-24-26(31)29(22-12-4-5-13-23(22)33-24)18-25(30)28-14-7-15-32-21-10-2-1-3-11-21/h6,8-9,16-17,21-23H,1-5,7,10-15,18H2,(H,28,30)/b24-17-. The largest absolute Gasteiger partial charge is 0.355 e. The number of hydrogen-bond acceptors (Lipinski definition) is 4. The molecule has 2 saturated carbocycles. The van der Waals surface area contributed by atoms with Crippen molar-refractivity contribution in [2.45, 2.75) is 80.7 Å². The Bertz CT molecular complexity index is 856. The number of fused-ring (bicyclic) bond motifs is 1. The Morgan fingerprint density at radius 2 is 1.94 bits per heavy atom. The first-order valence-corrected chi connectivity index (χ1v) is 14.7. The lowest BCUT2D eigenvalue weighted by Gasteiger charge is -2.43. The van der Waals surface area contributed by atoms with Crippen LogP contribution in [-0.2, 0) is 9.59 Å². The zero-order valence-electron chi connectivity index (χ0n) is 19.3. The van der Waals surface area contributed by atoms with Gasteiger partial charge >= 0.3 is 0 Å². The average Bonchev–Trinajstić information content (AvgIpc) is 2.82. The number of nitrogens with one attached hydrogen (secondary N) is 1. The van der Waals surface area contributed by atoms with Crippen molar-refractivity contribution in [2.24, 2.45) is 0 Å². The van der Waals surface area contributed by atoms with Crippen molar-refractivity contribution in [1.29, 1.82) is 0 Å². The SMILES string of the molecule is O=C(CN1C(=O)/C(=C/c2cccc(Cl)c2)SC2CCCCC21)NCCCSC1CCCCC1. The fourth-order valence-corrected chi connectivity index (χ4v) is 8.08. The van der Waals surface area contributed by atoms with Gasteiger partial charge in [-0.1, -0.05) is 55.8 Å². The number of hydrogen-bond donors (Lipinski definition) is 1. The number of thioether (sulfide) groups is 2. The van der Waals surface area contributed by atoms with Gasteiger partial charge in [-0.3, -0.25) is 9.59 Å². The quantitative estimate of drug-likeness (QED) is 0.340. The van der Waals surface area contributed by atoms with Gasteiger partial charge in [0.15, 0.2) is 0 Å². The molecule has 0 bridgehead atoms. The van der Waals surface area contributed by atoms with Crippen LogP contribution in [0.2, 0.25) is 5.02 Å². The number of nitrogens with zero attached hydrogens (tertiary/aromatic N) is 1. The van der Waals surface area contributed by atoms with Gasteiger partial charge in [-0.2, -0.15) is 11.8 Å². The summed E-state index contributed by atoms with van der Waals surface area (Å²) < 4.78 is 0. The maximum absolute atomic E-state index is 13.4. The molecule has 1 N–H and O–H groups in total. The lowest BCUT2D eigenvalue weighted by molar-refractivity contribution is -0.135. The van der Waals surface area contributed by atoms with Crippen LogP contribution in [0.3, 0.4) is 0 Å². The fourth-order valence-electron chi connectivity index (χ4n) is 5.10. The van der Waals surface area contributed by atoms with Crippen LogP contribution >= 0.6 is 35.1 Å². The third-order valence-corrected chi connectivity index (χ3v) is 9.93. The van der Waals surface area contributed by atoms with Crippen LogP contribution in [0.5, 0.6) is 0 Å². The highest BCUT2D eigenvalue weighted by Crippen LogP contribution is 2.42. The number of carbonyl (C=O) groups excluding carboxylic acids is 2. The number of halogens is 1. The van der Waals surface area contributed by atoms with Gasteiger partial charge in [0.05, 0.1) is 4.91 Å². The van der Waals surface area contributed by atoms with Gasteiger partial charge in [-0.25, -0.2) is 0 Å². The zero-order valence-corrected chi connectivity index (χ0v) is 21.7. The van der Waals surface area contributed by atoms with E-state index in [2.05, 4.69) is 17.1 Å². The van der Waals surface area contributed by atoms with Gasteiger partial charge in [0, 0.05) is 28.1 Å². The van der Waals surface area contributed by atoms with Crippen molar-refractivity contribution in [1.82, 2.24) is 10.2 Å². The maximum atomic E-state index is 13.4. The van der Waals surface area contributed by atoms with Crippen molar-refractivity contribution in [2.75, 3.05) is 18.8 Å². The van der Waals surface area contributed by atoms with Gasteiger partial charge in [0.25, 0.3) is 5.91 Å². The van der Waals surface area contributed by atoms with Crippen LogP contribution < -0.4 is 5.32 Å². The number of benzene rings is 1. The normalized spacial score (nSPS) is 25.2. The molecule has 2 aliphatic carbocycles. The molecule has 3 fully saturated rings. The molecule has 2 atom stereocenters. The fraction of sp³-hybridized carbons (Fsp3) is 0.615. The Morgan fingerprint density at radius 3 is 2.76 bits per heavy atom. The van der Waals surface area contributed by atoms with Gasteiger partial charge in [0.2, 0.25) is 5.91 Å². The van der Waals surface area contributed by atoms with Crippen molar-refractivity contribution >= 4 is 53.0 Å². The second-order valence-corrected chi connectivity index (χ2v) is 12.5. The minimum atomic E-state index is -0.0376. The molecule has 1 aliphatic heterocycles. The van der Waals surface area contributed by atoms with Crippen LogP contribution in [0, 0.1) is 0 Å². The molecule has 1 aromatic carbocycles. The Balaban J connectivity index is 1.32. The Labute approximate surface area is 211 Å². The highest BCUT2D eigenvalue weighted by Gasteiger charge is 2.41. The summed E-state index contributed by atoms with van der Waals surface area (Å²) in [6, 6.07) is 7.72. The Kier molecular flexibility index (Phi) is 9.51. The van der Waals surface area contributed by atoms with E-state index in [0.29, 0.717) is 16.8 Å². The minimum Gasteiger partial charge on any atom is -0.355 e. The molecule has 1 heterocycles. The number of rotatable bonds is 8. The molecule has 1 saturated heterocycles. The van der Waals surface area contributed by atoms with Gasteiger partial charge in [0.1, 0.15) is 6.54 Å². The monoisotopic (exact) mass is 506 g/mol. The van der Waals surface area contributed by atoms with Crippen molar-refractivity contribution in [3.8, 4) is 0 Å². The van der Waals surface area contributed by atoms with Crippen LogP contribution in [0.25, 0.3) is 6.08 Å². The van der Waals surface area contributed by atoms with Crippen LogP contribution in [-0.4, -0.2) is 52.1 Å². The molecule has 33 heavy (non-hydrogen) atoms. The van der Waals surface area contributed by atoms with E-state index in [4.69, 9.17) is 11.6 Å². The minimum absolute atomic E-state index is 0.0221. The summed E-state index contributed by atoms with van der Waals surface area (Å²) in [5, 5.41) is 4.90. The van der Waals surface area contributed by atoms with Gasteiger partial charge in [-0.15, -0.1) is 11.8 Å². The van der Waals surface area contributed by atoms with Gasteiger partial charge in [-0.05, 0) is 61.6 Å². The van der Waals surface area contributed by atoms with E-state index < -0.39 is 0 Å². The molecule has 0 radical (unpaired) electrons. The van der Waals surface area contributed by atoms with Crippen molar-refractivity contribution < 1.29 is 9.59 Å². The smallest absolute Gasteiger partial charge is 0.261 e. The van der Waals surface area contributed by atoms with E-state index in [1.165, 1.54) is 38.5 Å². The molecule has 3 aliphatic rings. The predicted molar refractivity (Wildman–Crippen MR) is 142 cm³/mol. The summed E-state index contributed by atoms with van der Waals surface area (Å²) in [6.45, 7) is 0.845. The number of amides is 2. The second kappa shape index (κ2) is 12.6. The first-order valence-electron chi connectivity index (χ1n) is 12.4. The summed E-state index contributed by atoms with van der Waals surface area (Å²) in [7, 11) is 0. The summed E-state index contributed by atoms with van der Waals surface area (Å²) >= 11 is 9.89. The molecular formula is C26H35ClN2O2S2. The highest BCUT2D eigenvalue weighted by atomic mass is 35.5. The molecule has 1 aromatic rings. The second-order valence-electron chi connectivity index (χ2n) is 9.34. The molecule has 7 heteroatoms. The van der Waals surface area contributed by atoms with Crippen LogP contribution in [0.1, 0.15) is 69.8 Å². The van der Waals surface area contributed by atoms with E-state index >= 15 is 0 Å². The molecule has 180 valence electrons. The Morgan fingerprint density at radius 1 is 1.15 bits per heavy atom.